The molecule has 3 fully saturated rings. The predicted molar refractivity (Wildman–Crippen MR) is 217 cm³/mol. The van der Waals surface area contributed by atoms with E-state index in [1.165, 1.54) is 17.2 Å². The van der Waals surface area contributed by atoms with Gasteiger partial charge < -0.3 is 40.4 Å². The molecule has 3 aliphatic rings. The van der Waals surface area contributed by atoms with Crippen LogP contribution in [0.2, 0.25) is 0 Å². The van der Waals surface area contributed by atoms with Crippen LogP contribution in [0.25, 0.3) is 22.3 Å². The summed E-state index contributed by atoms with van der Waals surface area (Å²) < 4.78 is 70.4. The highest BCUT2D eigenvalue weighted by Crippen LogP contribution is 2.55. The van der Waals surface area contributed by atoms with Gasteiger partial charge in [0, 0.05) is 30.5 Å². The predicted octanol–water partition coefficient (Wildman–Crippen LogP) is 1.31. The molecule has 1 aromatic carbocycles. The van der Waals surface area contributed by atoms with E-state index in [1.807, 2.05) is 0 Å². The molecular weight excluding hydrogens is 890 g/mol. The molecule has 0 spiro atoms. The van der Waals surface area contributed by atoms with E-state index in [0.717, 1.165) is 10.9 Å². The van der Waals surface area contributed by atoms with E-state index in [1.54, 1.807) is 51.1 Å². The molecule has 342 valence electrons. The second-order valence-electron chi connectivity index (χ2n) is 15.0. The summed E-state index contributed by atoms with van der Waals surface area (Å²) >= 11 is 0. The van der Waals surface area contributed by atoms with Crippen LogP contribution in [-0.2, 0) is 46.2 Å². The number of anilines is 2. The second kappa shape index (κ2) is 18.1. The maximum Gasteiger partial charge on any atom is 0.472 e. The average molecular weight is 933 g/mol. The van der Waals surface area contributed by atoms with Gasteiger partial charge in [-0.3, -0.25) is 51.9 Å². The number of aromatic amines is 1. The number of hydrogen-bond acceptors (Lipinski definition) is 19. The summed E-state index contributed by atoms with van der Waals surface area (Å²) in [6.45, 7) is 3.14. The Labute approximate surface area is 360 Å². The zero-order valence-electron chi connectivity index (χ0n) is 33.9. The molecule has 8 rings (SSSR count). The molecule has 3 amide bonds. The van der Waals surface area contributed by atoms with Gasteiger partial charge in [-0.15, -0.1) is 0 Å². The number of aromatic nitrogens is 8. The van der Waals surface area contributed by atoms with E-state index in [0.29, 0.717) is 5.56 Å². The van der Waals surface area contributed by atoms with E-state index in [4.69, 9.17) is 38.0 Å². The van der Waals surface area contributed by atoms with Crippen LogP contribution < -0.4 is 27.2 Å². The molecule has 3 aliphatic heterocycles. The number of ether oxygens (including phenoxy) is 3. The number of alkyl carbamates (subject to hydrolysis) is 1. The number of amides is 3. The van der Waals surface area contributed by atoms with Gasteiger partial charge in [0.15, 0.2) is 40.5 Å². The summed E-state index contributed by atoms with van der Waals surface area (Å²) in [5.41, 5.74) is 5.07. The highest BCUT2D eigenvalue weighted by Gasteiger charge is 2.55. The number of phosphoric ester groups is 2. The molecule has 27 nitrogen and oxygen atoms in total. The minimum absolute atomic E-state index is 0.00773. The molecule has 0 saturated carbocycles. The number of benzene rings is 1. The van der Waals surface area contributed by atoms with Gasteiger partial charge in [0.25, 0.3) is 11.5 Å². The maximum atomic E-state index is 13.8. The van der Waals surface area contributed by atoms with Crippen LogP contribution >= 0.6 is 15.6 Å². The molecule has 0 radical (unpaired) electrons. The molecule has 0 aliphatic carbocycles. The minimum atomic E-state index is -5.23. The summed E-state index contributed by atoms with van der Waals surface area (Å²) in [6, 6.07) is 8.40. The van der Waals surface area contributed by atoms with Crippen LogP contribution in [0.4, 0.5) is 16.6 Å². The van der Waals surface area contributed by atoms with Gasteiger partial charge >= 0.3 is 21.7 Å². The fraction of sp³-hybridized carbons (Fsp3) is 0.457. The number of phosphoric acid groups is 2. The number of rotatable bonds is 9. The van der Waals surface area contributed by atoms with Crippen LogP contribution in [0.1, 0.15) is 43.6 Å². The number of imidazole rings is 2. The number of nitrogens with zero attached hydrogens (tertiary/aromatic N) is 7. The normalized spacial score (nSPS) is 29.7. The van der Waals surface area contributed by atoms with Crippen LogP contribution in [0.5, 0.6) is 0 Å². The monoisotopic (exact) mass is 932 g/mol. The van der Waals surface area contributed by atoms with Gasteiger partial charge in [0.05, 0.1) is 25.9 Å². The molecular formula is C35H42N12O15P2. The van der Waals surface area contributed by atoms with Crippen molar-refractivity contribution in [3.05, 3.63) is 65.2 Å². The first-order valence-electron chi connectivity index (χ1n) is 19.6. The van der Waals surface area contributed by atoms with E-state index in [2.05, 4.69) is 45.9 Å². The molecule has 7 heterocycles. The number of nitrogens with two attached hydrogens (primary N) is 1. The maximum absolute atomic E-state index is 13.8. The number of H-pyrrole nitrogens is 1. The summed E-state index contributed by atoms with van der Waals surface area (Å²) in [7, 11) is -10.3. The van der Waals surface area contributed by atoms with Gasteiger partial charge in [0.1, 0.15) is 37.0 Å². The SMILES string of the molecule is CC(C)C(=O)Nc1nc2c(ncn2[C@@H]2O[C@@H]3COP(=O)(O)O[C@H]4[C@@H](C)[C@H](n5cnc6c(NC(=O)c7ccccc7)ncnc65)O[C@@H]4COP(=O)(O)O[C@H]3[C@H]2OC(=O)NCCN)c(=O)[nH]1. The van der Waals surface area contributed by atoms with Gasteiger partial charge in [-0.05, 0) is 12.1 Å². The quantitative estimate of drug-likeness (QED) is 0.102. The molecule has 8 N–H and O–H groups in total. The van der Waals surface area contributed by atoms with Gasteiger partial charge in [-0.2, -0.15) is 4.98 Å². The van der Waals surface area contributed by atoms with E-state index in [-0.39, 0.29) is 47.2 Å². The lowest BCUT2D eigenvalue weighted by molar-refractivity contribution is -0.118. The molecule has 29 heteroatoms. The average Bonchev–Trinajstić information content (AvgIpc) is 4.03. The fourth-order valence-corrected chi connectivity index (χ4v) is 9.18. The Morgan fingerprint density at radius 3 is 2.23 bits per heavy atom. The molecule has 10 atom stereocenters. The number of carbonyl (C=O) groups is 3. The largest absolute Gasteiger partial charge is 0.472 e. The van der Waals surface area contributed by atoms with Crippen LogP contribution in [0.3, 0.4) is 0 Å². The Bertz CT molecular complexity index is 2720. The van der Waals surface area contributed by atoms with E-state index < -0.39 is 107 Å². The first-order chi connectivity index (χ1) is 30.5. The smallest absolute Gasteiger partial charge is 0.438 e. The molecule has 5 aromatic rings. The lowest BCUT2D eigenvalue weighted by Gasteiger charge is -2.29. The van der Waals surface area contributed by atoms with Crippen molar-refractivity contribution >= 4 is 67.6 Å². The molecule has 0 bridgehead atoms. The van der Waals surface area contributed by atoms with Gasteiger partial charge in [-0.1, -0.05) is 39.0 Å². The number of nitrogens with one attached hydrogen (secondary N) is 4. The Balaban J connectivity index is 1.08. The van der Waals surface area contributed by atoms with Gasteiger partial charge in [-0.25, -0.2) is 33.9 Å². The molecule has 3 saturated heterocycles. The third-order valence-corrected chi connectivity index (χ3v) is 12.2. The fourth-order valence-electron chi connectivity index (χ4n) is 7.19. The van der Waals surface area contributed by atoms with Crippen molar-refractivity contribution in [3.8, 4) is 0 Å². The Morgan fingerprint density at radius 1 is 0.906 bits per heavy atom. The zero-order valence-corrected chi connectivity index (χ0v) is 35.7. The van der Waals surface area contributed by atoms with Crippen molar-refractivity contribution < 1.29 is 65.6 Å². The topological polar surface area (TPSA) is 360 Å². The Kier molecular flexibility index (Phi) is 12.8. The summed E-state index contributed by atoms with van der Waals surface area (Å²) in [6.07, 6.45) is -7.90. The summed E-state index contributed by atoms with van der Waals surface area (Å²) in [4.78, 5) is 97.5. The highest BCUT2D eigenvalue weighted by atomic mass is 31.2. The molecule has 2 unspecified atom stereocenters. The van der Waals surface area contributed by atoms with E-state index >= 15 is 0 Å². The zero-order chi connectivity index (χ0) is 45.5. The minimum Gasteiger partial charge on any atom is -0.438 e. The van der Waals surface area contributed by atoms with Crippen molar-refractivity contribution in [2.45, 2.75) is 63.7 Å². The van der Waals surface area contributed by atoms with Crippen molar-refractivity contribution in [2.24, 2.45) is 17.6 Å². The number of fused-ring (bicyclic) bond motifs is 4. The lowest BCUT2D eigenvalue weighted by atomic mass is 10.0. The van der Waals surface area contributed by atoms with Crippen molar-refractivity contribution in [1.29, 1.82) is 0 Å². The first-order valence-corrected chi connectivity index (χ1v) is 22.6. The number of carbonyl (C=O) groups excluding carboxylic acids is 3. The molecule has 4 aromatic heterocycles. The van der Waals surface area contributed by atoms with Crippen molar-refractivity contribution in [2.75, 3.05) is 36.9 Å². The van der Waals surface area contributed by atoms with Crippen molar-refractivity contribution in [3.63, 3.8) is 0 Å². The summed E-state index contributed by atoms with van der Waals surface area (Å²) in [5.74, 6) is -2.44. The van der Waals surface area contributed by atoms with Crippen LogP contribution in [-0.4, -0.2) is 124 Å². The summed E-state index contributed by atoms with van der Waals surface area (Å²) in [5, 5.41) is 7.58. The first kappa shape index (κ1) is 45.0. The lowest BCUT2D eigenvalue weighted by Crippen LogP contribution is -2.42. The standard InChI is InChI=1S/C35H42N12O15P2/c1-16(2)29(48)44-34-43-28-22(31(50)45-34)41-15-47(28)33-25(60-35(51)37-10-9-36)24-20(59-33)12-57-63(52,53)61-23-17(3)32(58-19(23)11-56-64(54,55)62-24)46-14-40-21-26(38-13-39-27(21)46)42-30(49)18-7-5-4-6-8-18/h4-8,13-17,19-20,23-25,32-33H,9-12,36H2,1-3H3,(H,37,51)(H,52,53)(H,54,55)(H,38,39,42,49)(H2,43,44,45,48,50)/t17-,19-,20-,23+,24-,25-,32-,33-/m1/s1. The van der Waals surface area contributed by atoms with E-state index in [9.17, 15) is 38.1 Å². The third-order valence-electron chi connectivity index (χ3n) is 10.3. The highest BCUT2D eigenvalue weighted by molar-refractivity contribution is 7.47. The Morgan fingerprint density at radius 2 is 1.55 bits per heavy atom. The van der Waals surface area contributed by atoms with Gasteiger partial charge in [0.2, 0.25) is 11.9 Å². The van der Waals surface area contributed by atoms with Crippen LogP contribution in [0, 0.1) is 11.8 Å². The second-order valence-corrected chi connectivity index (χ2v) is 17.8. The Hall–Kier alpha value is -5.57. The third kappa shape index (κ3) is 9.31. The van der Waals surface area contributed by atoms with Crippen LogP contribution in [0.15, 0.2) is 54.1 Å². The number of hydrogen-bond donors (Lipinski definition) is 7. The van der Waals surface area contributed by atoms with Crippen molar-refractivity contribution in [1.82, 2.24) is 44.4 Å². The molecule has 64 heavy (non-hydrogen) atoms.